The van der Waals surface area contributed by atoms with Gasteiger partial charge < -0.3 is 19.5 Å². The summed E-state index contributed by atoms with van der Waals surface area (Å²) in [7, 11) is 5.42. The van der Waals surface area contributed by atoms with Crippen molar-refractivity contribution in [1.29, 1.82) is 0 Å². The molecule has 7 heteroatoms. The number of ketones is 1. The Kier molecular flexibility index (Phi) is 7.01. The van der Waals surface area contributed by atoms with Gasteiger partial charge in [0.1, 0.15) is 17.3 Å². The van der Waals surface area contributed by atoms with Gasteiger partial charge in [0, 0.05) is 31.0 Å². The third-order valence-corrected chi connectivity index (χ3v) is 6.26. The minimum Gasteiger partial charge on any atom is -0.507 e. The monoisotopic (exact) mass is 486 g/mol. The highest BCUT2D eigenvalue weighted by Gasteiger charge is 2.47. The number of hydrogen-bond donors (Lipinski definition) is 1. The zero-order valence-corrected chi connectivity index (χ0v) is 21.1. The van der Waals surface area contributed by atoms with Crippen molar-refractivity contribution in [2.24, 2.45) is 0 Å². The highest BCUT2D eigenvalue weighted by atomic mass is 16.5. The van der Waals surface area contributed by atoms with Crippen molar-refractivity contribution < 1.29 is 24.2 Å². The number of anilines is 2. The summed E-state index contributed by atoms with van der Waals surface area (Å²) in [6, 6.07) is 19.0. The summed E-state index contributed by atoms with van der Waals surface area (Å²) >= 11 is 0. The normalized spacial score (nSPS) is 16.8. The molecule has 0 bridgehead atoms. The fourth-order valence-corrected chi connectivity index (χ4v) is 4.44. The number of aliphatic hydroxyl groups excluding tert-OH is 1. The first-order valence-electron chi connectivity index (χ1n) is 11.7. The number of amides is 1. The van der Waals surface area contributed by atoms with E-state index in [1.807, 2.05) is 63.2 Å². The van der Waals surface area contributed by atoms with Crippen LogP contribution in [0, 0.1) is 6.92 Å². The topological polar surface area (TPSA) is 79.3 Å². The van der Waals surface area contributed by atoms with Crippen LogP contribution >= 0.6 is 0 Å². The number of ether oxygens (including phenoxy) is 2. The van der Waals surface area contributed by atoms with Gasteiger partial charge in [0.15, 0.2) is 0 Å². The molecule has 1 atom stereocenters. The molecule has 186 valence electrons. The van der Waals surface area contributed by atoms with Crippen molar-refractivity contribution in [3.05, 3.63) is 89.0 Å². The summed E-state index contributed by atoms with van der Waals surface area (Å²) in [5, 5.41) is 11.4. The van der Waals surface area contributed by atoms with Gasteiger partial charge in [0.05, 0.1) is 25.3 Å². The Labute approximate surface area is 211 Å². The molecule has 1 aliphatic rings. The number of nitrogens with zero attached hydrogens (tertiary/aromatic N) is 2. The predicted molar refractivity (Wildman–Crippen MR) is 141 cm³/mol. The fraction of sp³-hybridized carbons (Fsp3) is 0.241. The van der Waals surface area contributed by atoms with Gasteiger partial charge in [0.2, 0.25) is 0 Å². The van der Waals surface area contributed by atoms with Crippen LogP contribution in [0.15, 0.2) is 72.3 Å². The van der Waals surface area contributed by atoms with Gasteiger partial charge in [-0.1, -0.05) is 12.1 Å². The lowest BCUT2D eigenvalue weighted by Crippen LogP contribution is -2.29. The van der Waals surface area contributed by atoms with Crippen molar-refractivity contribution in [3.63, 3.8) is 0 Å². The third kappa shape index (κ3) is 4.52. The summed E-state index contributed by atoms with van der Waals surface area (Å²) in [4.78, 5) is 30.2. The molecule has 0 aliphatic carbocycles. The van der Waals surface area contributed by atoms with E-state index in [0.29, 0.717) is 34.9 Å². The summed E-state index contributed by atoms with van der Waals surface area (Å²) in [5.74, 6) is -0.429. The lowest BCUT2D eigenvalue weighted by atomic mass is 9.93. The average molecular weight is 487 g/mol. The molecule has 3 aromatic carbocycles. The van der Waals surface area contributed by atoms with E-state index < -0.39 is 17.7 Å². The number of carbonyl (C=O) groups excluding carboxylic acids is 2. The zero-order chi connectivity index (χ0) is 26.0. The van der Waals surface area contributed by atoms with Crippen molar-refractivity contribution in [2.75, 3.05) is 37.6 Å². The number of aliphatic hydroxyl groups is 1. The zero-order valence-electron chi connectivity index (χ0n) is 21.1. The molecule has 1 fully saturated rings. The molecule has 36 heavy (non-hydrogen) atoms. The van der Waals surface area contributed by atoms with Gasteiger partial charge in [-0.05, 0) is 79.6 Å². The molecule has 1 N–H and O–H groups in total. The minimum absolute atomic E-state index is 0.0265. The second-order valence-electron chi connectivity index (χ2n) is 8.77. The second-order valence-corrected chi connectivity index (χ2v) is 8.77. The van der Waals surface area contributed by atoms with Crippen molar-refractivity contribution in [1.82, 2.24) is 0 Å². The standard InChI is InChI=1S/C29H30N2O5/c1-6-36-23-9-7-8-19(17-23)26-25(27(32)24-15-14-22(35-5)16-18(24)2)28(33)29(34)31(26)21-12-10-20(11-13-21)30(3)4/h7-17,26,32H,6H2,1-5H3/b27-25+. The van der Waals surface area contributed by atoms with Gasteiger partial charge in [-0.3, -0.25) is 14.5 Å². The predicted octanol–water partition coefficient (Wildman–Crippen LogP) is 5.09. The van der Waals surface area contributed by atoms with Crippen LogP contribution in [0.3, 0.4) is 0 Å². The summed E-state index contributed by atoms with van der Waals surface area (Å²) in [6.45, 7) is 4.18. The first-order valence-corrected chi connectivity index (χ1v) is 11.7. The summed E-state index contributed by atoms with van der Waals surface area (Å²) in [5.41, 5.74) is 3.38. The first kappa shape index (κ1) is 24.9. The van der Waals surface area contributed by atoms with Crippen molar-refractivity contribution in [2.45, 2.75) is 19.9 Å². The molecule has 3 aromatic rings. The van der Waals surface area contributed by atoms with Crippen LogP contribution in [0.1, 0.15) is 29.7 Å². The number of hydrogen-bond acceptors (Lipinski definition) is 6. The molecule has 7 nitrogen and oxygen atoms in total. The van der Waals surface area contributed by atoms with Gasteiger partial charge >= 0.3 is 0 Å². The number of methoxy groups -OCH3 is 1. The SMILES string of the molecule is CCOc1cccc(C2/C(=C(\O)c3ccc(OC)cc3C)C(=O)C(=O)N2c2ccc(N(C)C)cc2)c1. The van der Waals surface area contributed by atoms with Crippen molar-refractivity contribution in [3.8, 4) is 11.5 Å². The second kappa shape index (κ2) is 10.2. The number of benzene rings is 3. The Morgan fingerprint density at radius 2 is 1.72 bits per heavy atom. The molecular weight excluding hydrogens is 456 g/mol. The number of Topliss-reactive ketones (excluding diaryl/α,β-unsaturated/α-hetero) is 1. The molecule has 1 heterocycles. The van der Waals surface area contributed by atoms with Crippen molar-refractivity contribution >= 4 is 28.8 Å². The Morgan fingerprint density at radius 1 is 1.00 bits per heavy atom. The Morgan fingerprint density at radius 3 is 2.33 bits per heavy atom. The first-order chi connectivity index (χ1) is 17.3. The van der Waals surface area contributed by atoms with E-state index in [1.165, 1.54) is 4.90 Å². The maximum absolute atomic E-state index is 13.4. The van der Waals surface area contributed by atoms with Crippen LogP contribution < -0.4 is 19.3 Å². The Bertz CT molecular complexity index is 1330. The molecule has 1 unspecified atom stereocenters. The van der Waals surface area contributed by atoms with Crippen LogP contribution in [-0.4, -0.2) is 44.6 Å². The lowest BCUT2D eigenvalue weighted by molar-refractivity contribution is -0.132. The van der Waals surface area contributed by atoms with Crippen LogP contribution in [0.2, 0.25) is 0 Å². The molecular formula is C29H30N2O5. The molecule has 0 radical (unpaired) electrons. The highest BCUT2D eigenvalue weighted by Crippen LogP contribution is 2.43. The van der Waals surface area contributed by atoms with E-state index in [1.54, 1.807) is 43.5 Å². The molecule has 0 spiro atoms. The van der Waals surface area contributed by atoms with E-state index in [-0.39, 0.29) is 11.3 Å². The molecule has 4 rings (SSSR count). The summed E-state index contributed by atoms with van der Waals surface area (Å²) in [6.07, 6.45) is 0. The van der Waals surface area contributed by atoms with E-state index in [2.05, 4.69) is 0 Å². The summed E-state index contributed by atoms with van der Waals surface area (Å²) < 4.78 is 11.0. The number of aryl methyl sites for hydroxylation is 1. The van der Waals surface area contributed by atoms with E-state index >= 15 is 0 Å². The van der Waals surface area contributed by atoms with Gasteiger partial charge in [-0.2, -0.15) is 0 Å². The van der Waals surface area contributed by atoms with Crippen LogP contribution in [0.5, 0.6) is 11.5 Å². The van der Waals surface area contributed by atoms with Gasteiger partial charge in [-0.25, -0.2) is 0 Å². The smallest absolute Gasteiger partial charge is 0.300 e. The Hall–Kier alpha value is -4.26. The van der Waals surface area contributed by atoms with Crippen LogP contribution in [0.25, 0.3) is 5.76 Å². The Balaban J connectivity index is 1.92. The van der Waals surface area contributed by atoms with Gasteiger partial charge in [-0.15, -0.1) is 0 Å². The minimum atomic E-state index is -0.836. The fourth-order valence-electron chi connectivity index (χ4n) is 4.44. The average Bonchev–Trinajstić information content (AvgIpc) is 3.14. The van der Waals surface area contributed by atoms with Gasteiger partial charge in [0.25, 0.3) is 11.7 Å². The molecule has 0 saturated carbocycles. The van der Waals surface area contributed by atoms with Crippen LogP contribution in [0.4, 0.5) is 11.4 Å². The maximum Gasteiger partial charge on any atom is 0.300 e. The third-order valence-electron chi connectivity index (χ3n) is 6.26. The van der Waals surface area contributed by atoms with Crippen LogP contribution in [-0.2, 0) is 9.59 Å². The highest BCUT2D eigenvalue weighted by molar-refractivity contribution is 6.51. The van der Waals surface area contributed by atoms with E-state index in [4.69, 9.17) is 9.47 Å². The molecule has 1 saturated heterocycles. The lowest BCUT2D eigenvalue weighted by Gasteiger charge is -2.26. The van der Waals surface area contributed by atoms with E-state index in [9.17, 15) is 14.7 Å². The molecule has 0 aromatic heterocycles. The largest absolute Gasteiger partial charge is 0.507 e. The molecule has 1 amide bonds. The number of rotatable bonds is 7. The quantitative estimate of drug-likeness (QED) is 0.285. The maximum atomic E-state index is 13.4. The molecule has 1 aliphatic heterocycles. The van der Waals surface area contributed by atoms with E-state index in [0.717, 1.165) is 11.3 Å². The number of carbonyl (C=O) groups is 2.